The normalized spacial score (nSPS) is 18.5. The SMILES string of the molecule is CN(Cc1cn(CCCN2Cc3ccccc3C2)nn1)C1CCCc2cccnc21. The van der Waals surface area contributed by atoms with E-state index >= 15 is 0 Å². The number of fused-ring (bicyclic) bond motifs is 2. The van der Waals surface area contributed by atoms with Crippen molar-refractivity contribution in [3.8, 4) is 0 Å². The van der Waals surface area contributed by atoms with E-state index in [4.69, 9.17) is 0 Å². The first-order valence-electron chi connectivity index (χ1n) is 11.1. The summed E-state index contributed by atoms with van der Waals surface area (Å²) < 4.78 is 2.00. The van der Waals surface area contributed by atoms with Gasteiger partial charge in [-0.25, -0.2) is 0 Å². The number of aromatic nitrogens is 4. The summed E-state index contributed by atoms with van der Waals surface area (Å²) in [5.41, 5.74) is 6.62. The Labute approximate surface area is 178 Å². The van der Waals surface area contributed by atoms with Gasteiger partial charge in [-0.05, 0) is 55.5 Å². The molecule has 156 valence electrons. The van der Waals surface area contributed by atoms with E-state index in [0.717, 1.165) is 57.7 Å². The van der Waals surface area contributed by atoms with Crippen molar-refractivity contribution in [2.75, 3.05) is 13.6 Å². The molecule has 1 aromatic carbocycles. The number of pyridine rings is 1. The zero-order valence-corrected chi connectivity index (χ0v) is 17.7. The molecule has 0 spiro atoms. The summed E-state index contributed by atoms with van der Waals surface area (Å²) in [6.45, 7) is 4.95. The van der Waals surface area contributed by atoms with Crippen LogP contribution in [0.4, 0.5) is 0 Å². The van der Waals surface area contributed by atoms with Gasteiger partial charge in [0.05, 0.1) is 17.4 Å². The molecule has 0 N–H and O–H groups in total. The summed E-state index contributed by atoms with van der Waals surface area (Å²) in [7, 11) is 2.18. The molecule has 6 heteroatoms. The molecule has 2 aliphatic rings. The highest BCUT2D eigenvalue weighted by molar-refractivity contribution is 5.30. The largest absolute Gasteiger partial charge is 0.295 e. The van der Waals surface area contributed by atoms with Crippen LogP contribution in [0.15, 0.2) is 48.8 Å². The lowest BCUT2D eigenvalue weighted by atomic mass is 9.91. The minimum absolute atomic E-state index is 0.372. The fraction of sp³-hybridized carbons (Fsp3) is 0.458. The number of aryl methyl sites for hydroxylation is 2. The lowest BCUT2D eigenvalue weighted by molar-refractivity contribution is 0.206. The Morgan fingerprint density at radius 1 is 1.03 bits per heavy atom. The van der Waals surface area contributed by atoms with E-state index in [1.165, 1.54) is 28.8 Å². The van der Waals surface area contributed by atoms with Crippen LogP contribution >= 0.6 is 0 Å². The first kappa shape index (κ1) is 19.4. The molecule has 3 heterocycles. The maximum atomic E-state index is 4.67. The predicted molar refractivity (Wildman–Crippen MR) is 117 cm³/mol. The Kier molecular flexibility index (Phi) is 5.60. The molecule has 1 atom stereocenters. The van der Waals surface area contributed by atoms with Gasteiger partial charge < -0.3 is 0 Å². The minimum Gasteiger partial charge on any atom is -0.295 e. The van der Waals surface area contributed by atoms with Crippen molar-refractivity contribution in [3.63, 3.8) is 0 Å². The van der Waals surface area contributed by atoms with Crippen LogP contribution in [-0.2, 0) is 32.6 Å². The molecule has 0 fully saturated rings. The quantitative estimate of drug-likeness (QED) is 0.605. The maximum Gasteiger partial charge on any atom is 0.0967 e. The molecule has 2 aromatic heterocycles. The highest BCUT2D eigenvalue weighted by Crippen LogP contribution is 2.32. The number of benzene rings is 1. The summed E-state index contributed by atoms with van der Waals surface area (Å²) in [5, 5.41) is 8.80. The topological polar surface area (TPSA) is 50.1 Å². The van der Waals surface area contributed by atoms with Crippen LogP contribution in [0.5, 0.6) is 0 Å². The third-order valence-electron chi connectivity index (χ3n) is 6.46. The van der Waals surface area contributed by atoms with Crippen molar-refractivity contribution in [2.45, 2.75) is 57.9 Å². The van der Waals surface area contributed by atoms with Gasteiger partial charge in [-0.2, -0.15) is 0 Å². The molecular weight excluding hydrogens is 372 g/mol. The van der Waals surface area contributed by atoms with Crippen molar-refractivity contribution in [3.05, 3.63) is 76.9 Å². The molecule has 1 aliphatic carbocycles. The number of rotatable bonds is 7. The molecule has 6 nitrogen and oxygen atoms in total. The van der Waals surface area contributed by atoms with Crippen LogP contribution in [0, 0.1) is 0 Å². The number of hydrogen-bond donors (Lipinski definition) is 0. The van der Waals surface area contributed by atoms with Gasteiger partial charge in [0.15, 0.2) is 0 Å². The van der Waals surface area contributed by atoms with E-state index in [1.807, 2.05) is 16.9 Å². The molecule has 0 amide bonds. The van der Waals surface area contributed by atoms with Gasteiger partial charge in [-0.15, -0.1) is 5.10 Å². The smallest absolute Gasteiger partial charge is 0.0967 e. The second kappa shape index (κ2) is 8.66. The van der Waals surface area contributed by atoms with Gasteiger partial charge in [0.25, 0.3) is 0 Å². The van der Waals surface area contributed by atoms with Crippen LogP contribution in [0.3, 0.4) is 0 Å². The summed E-state index contributed by atoms with van der Waals surface area (Å²) >= 11 is 0. The minimum atomic E-state index is 0.372. The lowest BCUT2D eigenvalue weighted by Crippen LogP contribution is -2.28. The third kappa shape index (κ3) is 4.16. The number of hydrogen-bond acceptors (Lipinski definition) is 5. The van der Waals surface area contributed by atoms with Gasteiger partial charge in [-0.3, -0.25) is 19.5 Å². The van der Waals surface area contributed by atoms with Crippen LogP contribution in [0.1, 0.15) is 53.4 Å². The van der Waals surface area contributed by atoms with Crippen LogP contribution in [-0.4, -0.2) is 43.4 Å². The highest BCUT2D eigenvalue weighted by Gasteiger charge is 2.25. The summed E-state index contributed by atoms with van der Waals surface area (Å²) in [6.07, 6.45) is 8.64. The predicted octanol–water partition coefficient (Wildman–Crippen LogP) is 3.59. The van der Waals surface area contributed by atoms with Crippen molar-refractivity contribution in [1.82, 2.24) is 29.8 Å². The van der Waals surface area contributed by atoms with Crippen LogP contribution in [0.25, 0.3) is 0 Å². The molecule has 3 aromatic rings. The first-order valence-corrected chi connectivity index (χ1v) is 11.1. The Hall–Kier alpha value is -2.57. The lowest BCUT2D eigenvalue weighted by Gasteiger charge is -2.31. The van der Waals surface area contributed by atoms with Crippen molar-refractivity contribution >= 4 is 0 Å². The Balaban J connectivity index is 1.12. The van der Waals surface area contributed by atoms with Crippen LogP contribution < -0.4 is 0 Å². The van der Waals surface area contributed by atoms with Gasteiger partial charge >= 0.3 is 0 Å². The fourth-order valence-corrected chi connectivity index (χ4v) is 4.92. The zero-order chi connectivity index (χ0) is 20.3. The van der Waals surface area contributed by atoms with Gasteiger partial charge in [-0.1, -0.05) is 35.5 Å². The summed E-state index contributed by atoms with van der Waals surface area (Å²) in [6, 6.07) is 13.4. The number of nitrogens with zero attached hydrogens (tertiary/aromatic N) is 6. The zero-order valence-electron chi connectivity index (χ0n) is 17.7. The average molecular weight is 403 g/mol. The average Bonchev–Trinajstić information content (AvgIpc) is 3.39. The van der Waals surface area contributed by atoms with E-state index < -0.39 is 0 Å². The van der Waals surface area contributed by atoms with Crippen molar-refractivity contribution in [1.29, 1.82) is 0 Å². The molecule has 1 aliphatic heterocycles. The van der Waals surface area contributed by atoms with Crippen molar-refractivity contribution < 1.29 is 0 Å². The molecular formula is C24H30N6. The van der Waals surface area contributed by atoms with E-state index in [9.17, 15) is 0 Å². The summed E-state index contributed by atoms with van der Waals surface area (Å²) in [4.78, 5) is 9.57. The Morgan fingerprint density at radius 2 is 1.83 bits per heavy atom. The van der Waals surface area contributed by atoms with E-state index in [-0.39, 0.29) is 0 Å². The molecule has 0 radical (unpaired) electrons. The monoisotopic (exact) mass is 402 g/mol. The molecule has 0 bridgehead atoms. The molecule has 0 saturated heterocycles. The molecule has 1 unspecified atom stereocenters. The van der Waals surface area contributed by atoms with E-state index in [0.29, 0.717) is 6.04 Å². The second-order valence-electron chi connectivity index (χ2n) is 8.68. The van der Waals surface area contributed by atoms with Gasteiger partial charge in [0.1, 0.15) is 0 Å². The molecule has 30 heavy (non-hydrogen) atoms. The van der Waals surface area contributed by atoms with E-state index in [2.05, 4.69) is 68.7 Å². The highest BCUT2D eigenvalue weighted by atomic mass is 15.4. The second-order valence-corrected chi connectivity index (χ2v) is 8.68. The van der Waals surface area contributed by atoms with Crippen molar-refractivity contribution in [2.24, 2.45) is 0 Å². The Bertz CT molecular complexity index is 972. The molecule has 0 saturated carbocycles. The third-order valence-corrected chi connectivity index (χ3v) is 6.46. The van der Waals surface area contributed by atoms with Crippen LogP contribution in [0.2, 0.25) is 0 Å². The maximum absolute atomic E-state index is 4.67. The Morgan fingerprint density at radius 3 is 2.67 bits per heavy atom. The standard InChI is InChI=1S/C24H30N6/c1-28(23-11-4-9-19-10-5-12-25-24(19)23)17-22-18-30(27-26-22)14-6-13-29-15-20-7-2-3-8-21(20)16-29/h2-3,5,7-8,10,12,18,23H,4,6,9,11,13-17H2,1H3. The van der Waals surface area contributed by atoms with Gasteiger partial charge in [0, 0.05) is 45.1 Å². The first-order chi connectivity index (χ1) is 14.8. The fourth-order valence-electron chi connectivity index (χ4n) is 4.92. The van der Waals surface area contributed by atoms with E-state index in [1.54, 1.807) is 0 Å². The molecule has 5 rings (SSSR count). The van der Waals surface area contributed by atoms with Gasteiger partial charge in [0.2, 0.25) is 0 Å². The summed E-state index contributed by atoms with van der Waals surface area (Å²) in [5.74, 6) is 0.